The molecular weight excluding hydrogens is 252 g/mol. The molecule has 0 unspecified atom stereocenters. The molecule has 0 saturated heterocycles. The highest BCUT2D eigenvalue weighted by Crippen LogP contribution is 2.19. The van der Waals surface area contributed by atoms with Gasteiger partial charge in [-0.05, 0) is 50.3 Å². The number of rotatable bonds is 5. The van der Waals surface area contributed by atoms with Crippen LogP contribution < -0.4 is 5.32 Å². The van der Waals surface area contributed by atoms with Crippen molar-refractivity contribution in [3.05, 3.63) is 41.5 Å². The third-order valence-corrected chi connectivity index (χ3v) is 3.40. The van der Waals surface area contributed by atoms with Crippen molar-refractivity contribution >= 4 is 17.7 Å². The molecule has 104 valence electrons. The highest BCUT2D eigenvalue weighted by molar-refractivity contribution is 5.95. The second-order valence-corrected chi connectivity index (χ2v) is 4.87. The summed E-state index contributed by atoms with van der Waals surface area (Å²) in [6.45, 7) is 0.645. The topological polar surface area (TPSA) is 58.5 Å². The fourth-order valence-corrected chi connectivity index (χ4v) is 2.34. The molecule has 0 radical (unpaired) electrons. The summed E-state index contributed by atoms with van der Waals surface area (Å²) in [6, 6.07) is 6.66. The lowest BCUT2D eigenvalue weighted by Crippen LogP contribution is -2.24. The van der Waals surface area contributed by atoms with Gasteiger partial charge in [-0.2, -0.15) is 4.99 Å². The summed E-state index contributed by atoms with van der Waals surface area (Å²) in [6.07, 6.45) is 9.52. The Morgan fingerprint density at radius 2 is 2.25 bits per heavy atom. The second-order valence-electron chi connectivity index (χ2n) is 4.87. The number of hydrogen-bond acceptors (Lipinski definition) is 3. The van der Waals surface area contributed by atoms with Gasteiger partial charge >= 0.3 is 0 Å². The van der Waals surface area contributed by atoms with Crippen molar-refractivity contribution in [2.75, 3.05) is 6.54 Å². The van der Waals surface area contributed by atoms with Crippen LogP contribution in [0.15, 0.2) is 40.9 Å². The molecule has 2 rings (SSSR count). The van der Waals surface area contributed by atoms with Gasteiger partial charge < -0.3 is 5.32 Å². The lowest BCUT2D eigenvalue weighted by molar-refractivity contribution is 0.0954. The van der Waals surface area contributed by atoms with E-state index < -0.39 is 0 Å². The molecule has 1 aliphatic carbocycles. The smallest absolute Gasteiger partial charge is 0.251 e. The zero-order chi connectivity index (χ0) is 14.2. The first-order chi connectivity index (χ1) is 9.79. The molecule has 0 bridgehead atoms. The molecule has 4 heteroatoms. The molecule has 0 spiro atoms. The fraction of sp³-hybridized carbons (Fsp3) is 0.375. The number of isocyanates is 1. The number of carbonyl (C=O) groups excluding carboxylic acids is 2. The Morgan fingerprint density at radius 3 is 3.00 bits per heavy atom. The molecule has 0 heterocycles. The number of amides is 1. The zero-order valence-corrected chi connectivity index (χ0v) is 11.4. The van der Waals surface area contributed by atoms with Crippen LogP contribution in [-0.2, 0) is 4.79 Å². The largest absolute Gasteiger partial charge is 0.352 e. The van der Waals surface area contributed by atoms with Crippen LogP contribution in [0.25, 0.3) is 0 Å². The summed E-state index contributed by atoms with van der Waals surface area (Å²) < 4.78 is 0. The average Bonchev–Trinajstić information content (AvgIpc) is 2.49. The van der Waals surface area contributed by atoms with Gasteiger partial charge in [0.1, 0.15) is 0 Å². The summed E-state index contributed by atoms with van der Waals surface area (Å²) in [5.41, 5.74) is 2.40. The number of nitrogens with one attached hydrogen (secondary N) is 1. The molecule has 1 aliphatic rings. The van der Waals surface area contributed by atoms with Crippen molar-refractivity contribution in [1.29, 1.82) is 0 Å². The number of carbonyl (C=O) groups is 1. The predicted octanol–water partition coefficient (Wildman–Crippen LogP) is 3.27. The van der Waals surface area contributed by atoms with Crippen molar-refractivity contribution in [2.24, 2.45) is 4.99 Å². The maximum absolute atomic E-state index is 12.0. The minimum atomic E-state index is -0.135. The van der Waals surface area contributed by atoms with Crippen LogP contribution in [-0.4, -0.2) is 18.5 Å². The van der Waals surface area contributed by atoms with Gasteiger partial charge in [0, 0.05) is 12.1 Å². The normalized spacial score (nSPS) is 14.1. The summed E-state index contributed by atoms with van der Waals surface area (Å²) in [4.78, 5) is 25.7. The van der Waals surface area contributed by atoms with Crippen molar-refractivity contribution in [2.45, 2.75) is 32.1 Å². The number of nitrogens with zero attached hydrogens (tertiary/aromatic N) is 1. The molecule has 0 aromatic heterocycles. The summed E-state index contributed by atoms with van der Waals surface area (Å²) in [7, 11) is 0. The van der Waals surface area contributed by atoms with Crippen LogP contribution in [0.2, 0.25) is 0 Å². The van der Waals surface area contributed by atoms with E-state index in [-0.39, 0.29) is 5.91 Å². The van der Waals surface area contributed by atoms with Crippen molar-refractivity contribution < 1.29 is 9.59 Å². The molecule has 1 N–H and O–H groups in total. The molecule has 0 saturated carbocycles. The van der Waals surface area contributed by atoms with Gasteiger partial charge in [-0.15, -0.1) is 0 Å². The van der Waals surface area contributed by atoms with Gasteiger partial charge in [0.25, 0.3) is 5.91 Å². The Bertz CT molecular complexity index is 557. The van der Waals surface area contributed by atoms with Gasteiger partial charge in [-0.25, -0.2) is 4.79 Å². The van der Waals surface area contributed by atoms with E-state index in [0.717, 1.165) is 19.3 Å². The maximum Gasteiger partial charge on any atom is 0.251 e. The van der Waals surface area contributed by atoms with Crippen LogP contribution >= 0.6 is 0 Å². The minimum Gasteiger partial charge on any atom is -0.352 e. The fourth-order valence-electron chi connectivity index (χ4n) is 2.34. The van der Waals surface area contributed by atoms with Crippen molar-refractivity contribution in [3.8, 4) is 0 Å². The van der Waals surface area contributed by atoms with E-state index in [2.05, 4.69) is 16.4 Å². The van der Waals surface area contributed by atoms with Gasteiger partial charge in [0.2, 0.25) is 6.08 Å². The molecule has 0 atom stereocenters. The zero-order valence-electron chi connectivity index (χ0n) is 11.4. The SMILES string of the molecule is O=C=Nc1cccc(C(=O)NCCC2=CCCCC2)c1. The number of aliphatic imine (C=N–C) groups is 1. The van der Waals surface area contributed by atoms with Crippen molar-refractivity contribution in [1.82, 2.24) is 5.32 Å². The Morgan fingerprint density at radius 1 is 1.35 bits per heavy atom. The summed E-state index contributed by atoms with van der Waals surface area (Å²) in [5.74, 6) is -0.135. The first kappa shape index (κ1) is 14.2. The Hall–Kier alpha value is -2.19. The first-order valence-electron chi connectivity index (χ1n) is 6.93. The first-order valence-corrected chi connectivity index (χ1v) is 6.93. The van der Waals surface area contributed by atoms with E-state index in [1.165, 1.54) is 24.5 Å². The highest BCUT2D eigenvalue weighted by Gasteiger charge is 2.07. The van der Waals surface area contributed by atoms with Crippen LogP contribution in [0.4, 0.5) is 5.69 Å². The summed E-state index contributed by atoms with van der Waals surface area (Å²) >= 11 is 0. The van der Waals surface area contributed by atoms with Crippen molar-refractivity contribution in [3.63, 3.8) is 0 Å². The quantitative estimate of drug-likeness (QED) is 0.507. The molecule has 1 aromatic carbocycles. The van der Waals surface area contributed by atoms with Gasteiger partial charge in [-0.3, -0.25) is 4.79 Å². The van der Waals surface area contributed by atoms with E-state index in [9.17, 15) is 9.59 Å². The van der Waals surface area contributed by atoms with Gasteiger partial charge in [0.15, 0.2) is 0 Å². The van der Waals surface area contributed by atoms with Crippen LogP contribution in [0.3, 0.4) is 0 Å². The van der Waals surface area contributed by atoms with Crippen LogP contribution in [0, 0.1) is 0 Å². The molecule has 4 nitrogen and oxygen atoms in total. The number of benzene rings is 1. The van der Waals surface area contributed by atoms with E-state index in [1.807, 2.05) is 0 Å². The monoisotopic (exact) mass is 270 g/mol. The van der Waals surface area contributed by atoms with E-state index >= 15 is 0 Å². The molecular formula is C16H18N2O2. The minimum absolute atomic E-state index is 0.135. The third-order valence-electron chi connectivity index (χ3n) is 3.40. The number of allylic oxidation sites excluding steroid dienone is 1. The maximum atomic E-state index is 12.0. The van der Waals surface area contributed by atoms with E-state index in [0.29, 0.717) is 17.8 Å². The third kappa shape index (κ3) is 4.18. The van der Waals surface area contributed by atoms with Gasteiger partial charge in [0.05, 0.1) is 5.69 Å². The molecule has 1 amide bonds. The predicted molar refractivity (Wildman–Crippen MR) is 77.7 cm³/mol. The lowest BCUT2D eigenvalue weighted by atomic mass is 9.97. The van der Waals surface area contributed by atoms with E-state index in [1.54, 1.807) is 24.3 Å². The van der Waals surface area contributed by atoms with Crippen LogP contribution in [0.5, 0.6) is 0 Å². The molecule has 20 heavy (non-hydrogen) atoms. The molecule has 0 aliphatic heterocycles. The summed E-state index contributed by atoms with van der Waals surface area (Å²) in [5, 5.41) is 2.90. The second kappa shape index (κ2) is 7.41. The Labute approximate surface area is 118 Å². The standard InChI is InChI=1S/C16H18N2O2/c19-12-18-15-8-4-7-14(11-15)16(20)17-10-9-13-5-2-1-3-6-13/h4-5,7-8,11H,1-3,6,9-10H2,(H,17,20). The molecule has 1 aromatic rings. The van der Waals surface area contributed by atoms with Gasteiger partial charge in [-0.1, -0.05) is 17.7 Å². The number of hydrogen-bond donors (Lipinski definition) is 1. The van der Waals surface area contributed by atoms with Crippen LogP contribution in [0.1, 0.15) is 42.5 Å². The Kier molecular flexibility index (Phi) is 5.27. The average molecular weight is 270 g/mol. The molecule has 0 fully saturated rings. The van der Waals surface area contributed by atoms with E-state index in [4.69, 9.17) is 0 Å². The Balaban J connectivity index is 1.86. The highest BCUT2D eigenvalue weighted by atomic mass is 16.1. The lowest BCUT2D eigenvalue weighted by Gasteiger charge is -2.13.